The van der Waals surface area contributed by atoms with E-state index in [9.17, 15) is 8.42 Å². The van der Waals surface area contributed by atoms with Gasteiger partial charge < -0.3 is 9.26 Å². The lowest BCUT2D eigenvalue weighted by atomic mass is 10.0. The molecule has 0 amide bonds. The predicted molar refractivity (Wildman–Crippen MR) is 81.9 cm³/mol. The quantitative estimate of drug-likeness (QED) is 0.922. The van der Waals surface area contributed by atoms with Crippen molar-refractivity contribution in [1.29, 1.82) is 0 Å². The Balaban J connectivity index is 1.59. The van der Waals surface area contributed by atoms with Crippen LogP contribution in [-0.2, 0) is 16.4 Å². The van der Waals surface area contributed by atoms with E-state index in [1.54, 1.807) is 12.1 Å². The lowest BCUT2D eigenvalue weighted by Gasteiger charge is -2.16. The highest BCUT2D eigenvalue weighted by Gasteiger charge is 2.32. The number of nitrogens with zero attached hydrogens (tertiary/aromatic N) is 2. The maximum absolute atomic E-state index is 12.5. The summed E-state index contributed by atoms with van der Waals surface area (Å²) in [6, 6.07) is 4.84. The first kappa shape index (κ1) is 14.5. The first-order valence-corrected chi connectivity index (χ1v) is 8.99. The summed E-state index contributed by atoms with van der Waals surface area (Å²) in [5.74, 6) is 1.47. The molecule has 1 fully saturated rings. The van der Waals surface area contributed by atoms with E-state index >= 15 is 0 Å². The van der Waals surface area contributed by atoms with Gasteiger partial charge in [-0.15, -0.1) is 0 Å². The van der Waals surface area contributed by atoms with Gasteiger partial charge in [-0.1, -0.05) is 0 Å². The Bertz CT molecular complexity index is 869. The molecule has 1 N–H and O–H groups in total. The molecule has 1 saturated carbocycles. The summed E-state index contributed by atoms with van der Waals surface area (Å²) >= 11 is 0. The number of hydrogen-bond acceptors (Lipinski definition) is 6. The van der Waals surface area contributed by atoms with Crippen molar-refractivity contribution in [3.05, 3.63) is 29.7 Å². The van der Waals surface area contributed by atoms with Crippen molar-refractivity contribution in [3.8, 4) is 5.75 Å². The van der Waals surface area contributed by atoms with Crippen LogP contribution in [0.25, 0.3) is 0 Å². The molecule has 0 bridgehead atoms. The SMILES string of the molecule is CC1(C)Cc2cc(S(=O)(=O)Nc3noc(C4CC4)n3)ccc2O1. The minimum Gasteiger partial charge on any atom is -0.487 e. The number of aromatic nitrogens is 2. The van der Waals surface area contributed by atoms with E-state index in [-0.39, 0.29) is 22.4 Å². The topological polar surface area (TPSA) is 94.3 Å². The molecular formula is C15H17N3O4S. The smallest absolute Gasteiger partial charge is 0.277 e. The van der Waals surface area contributed by atoms with Crippen LogP contribution in [-0.4, -0.2) is 24.2 Å². The highest BCUT2D eigenvalue weighted by molar-refractivity contribution is 7.92. The van der Waals surface area contributed by atoms with E-state index in [4.69, 9.17) is 9.26 Å². The lowest BCUT2D eigenvalue weighted by Crippen LogP contribution is -2.24. The van der Waals surface area contributed by atoms with Crippen LogP contribution in [0.1, 0.15) is 44.1 Å². The van der Waals surface area contributed by atoms with Gasteiger partial charge in [-0.25, -0.2) is 13.1 Å². The van der Waals surface area contributed by atoms with E-state index in [1.165, 1.54) is 6.07 Å². The molecule has 7 nitrogen and oxygen atoms in total. The molecule has 8 heteroatoms. The molecule has 1 aliphatic heterocycles. The summed E-state index contributed by atoms with van der Waals surface area (Å²) in [6.07, 6.45) is 2.68. The van der Waals surface area contributed by atoms with Gasteiger partial charge in [0.25, 0.3) is 16.0 Å². The van der Waals surface area contributed by atoms with Crippen molar-refractivity contribution < 1.29 is 17.7 Å². The van der Waals surface area contributed by atoms with Gasteiger partial charge >= 0.3 is 0 Å². The summed E-state index contributed by atoms with van der Waals surface area (Å²) in [7, 11) is -3.75. The molecule has 1 aromatic carbocycles. The maximum Gasteiger partial charge on any atom is 0.277 e. The number of fused-ring (bicyclic) bond motifs is 1. The monoisotopic (exact) mass is 335 g/mol. The molecule has 23 heavy (non-hydrogen) atoms. The van der Waals surface area contributed by atoms with Gasteiger partial charge in [0.1, 0.15) is 11.4 Å². The number of anilines is 1. The standard InChI is InChI=1S/C15H17N3O4S/c1-15(2)8-10-7-11(5-6-12(10)21-15)23(19,20)18-14-16-13(22-17-14)9-3-4-9/h5-7,9H,3-4,8H2,1-2H3,(H,17,18). The summed E-state index contributed by atoms with van der Waals surface area (Å²) in [4.78, 5) is 4.25. The first-order chi connectivity index (χ1) is 10.8. The number of hydrogen-bond donors (Lipinski definition) is 1. The minimum absolute atomic E-state index is 0.0241. The van der Waals surface area contributed by atoms with Crippen molar-refractivity contribution in [2.45, 2.75) is 49.5 Å². The fraction of sp³-hybridized carbons (Fsp3) is 0.467. The van der Waals surface area contributed by atoms with Gasteiger partial charge in [0.15, 0.2) is 0 Å². The Hall–Kier alpha value is -2.09. The van der Waals surface area contributed by atoms with Crippen molar-refractivity contribution in [2.24, 2.45) is 0 Å². The lowest BCUT2D eigenvalue weighted by molar-refractivity contribution is 0.138. The molecule has 4 rings (SSSR count). The number of rotatable bonds is 4. The highest BCUT2D eigenvalue weighted by atomic mass is 32.2. The molecule has 0 saturated heterocycles. The summed E-state index contributed by atoms with van der Waals surface area (Å²) in [6.45, 7) is 3.94. The number of ether oxygens (including phenoxy) is 1. The van der Waals surface area contributed by atoms with Crippen molar-refractivity contribution >= 4 is 16.0 Å². The second kappa shape index (κ2) is 4.70. The average molecular weight is 335 g/mol. The van der Waals surface area contributed by atoms with Crippen LogP contribution in [0, 0.1) is 0 Å². The molecule has 0 radical (unpaired) electrons. The first-order valence-electron chi connectivity index (χ1n) is 7.51. The van der Waals surface area contributed by atoms with Crippen LogP contribution >= 0.6 is 0 Å². The third-order valence-electron chi connectivity index (χ3n) is 3.94. The zero-order valence-corrected chi connectivity index (χ0v) is 13.7. The van der Waals surface area contributed by atoms with Gasteiger partial charge in [0.05, 0.1) is 4.90 Å². The molecule has 122 valence electrons. The Labute approximate surface area is 134 Å². The normalized spacial score (nSPS) is 19.2. The molecule has 2 heterocycles. The fourth-order valence-corrected chi connectivity index (χ4v) is 3.69. The molecule has 2 aliphatic rings. The summed E-state index contributed by atoms with van der Waals surface area (Å²) in [5, 5.41) is 3.68. The van der Waals surface area contributed by atoms with Crippen molar-refractivity contribution in [2.75, 3.05) is 4.72 Å². The molecule has 1 aliphatic carbocycles. The van der Waals surface area contributed by atoms with E-state index in [1.807, 2.05) is 13.8 Å². The molecular weight excluding hydrogens is 318 g/mol. The zero-order chi connectivity index (χ0) is 16.2. The summed E-state index contributed by atoms with van der Waals surface area (Å²) < 4.78 is 38.2. The third-order valence-corrected chi connectivity index (χ3v) is 5.26. The second-order valence-electron chi connectivity index (χ2n) is 6.64. The number of nitrogens with one attached hydrogen (secondary N) is 1. The van der Waals surface area contributed by atoms with Crippen molar-refractivity contribution in [1.82, 2.24) is 10.1 Å². The van der Waals surface area contributed by atoms with Gasteiger partial charge in [-0.2, -0.15) is 4.98 Å². The van der Waals surface area contributed by atoms with Crippen LogP contribution in [0.15, 0.2) is 27.6 Å². The van der Waals surface area contributed by atoms with Crippen LogP contribution in [0.4, 0.5) is 5.95 Å². The Morgan fingerprint density at radius 2 is 2.09 bits per heavy atom. The third kappa shape index (κ3) is 2.78. The molecule has 1 aromatic heterocycles. The largest absolute Gasteiger partial charge is 0.487 e. The predicted octanol–water partition coefficient (Wildman–Crippen LogP) is 2.46. The van der Waals surface area contributed by atoms with E-state index < -0.39 is 10.0 Å². The Morgan fingerprint density at radius 1 is 1.30 bits per heavy atom. The van der Waals surface area contributed by atoms with Gasteiger partial charge in [-0.05, 0) is 55.6 Å². The van der Waals surface area contributed by atoms with Crippen LogP contribution in [0.5, 0.6) is 5.75 Å². The number of sulfonamides is 1. The van der Waals surface area contributed by atoms with Gasteiger partial charge in [0.2, 0.25) is 5.89 Å². The Kier molecular flexibility index (Phi) is 2.96. The summed E-state index contributed by atoms with van der Waals surface area (Å²) in [5.41, 5.74) is 0.565. The van der Waals surface area contributed by atoms with Gasteiger partial charge in [-0.3, -0.25) is 0 Å². The van der Waals surface area contributed by atoms with Crippen LogP contribution in [0.3, 0.4) is 0 Å². The van der Waals surface area contributed by atoms with Crippen molar-refractivity contribution in [3.63, 3.8) is 0 Å². The Morgan fingerprint density at radius 3 is 2.83 bits per heavy atom. The molecule has 0 unspecified atom stereocenters. The minimum atomic E-state index is -3.75. The molecule has 0 spiro atoms. The second-order valence-corrected chi connectivity index (χ2v) is 8.33. The van der Waals surface area contributed by atoms with E-state index in [2.05, 4.69) is 14.9 Å². The molecule has 0 atom stereocenters. The average Bonchev–Trinajstić information content (AvgIpc) is 3.12. The fourth-order valence-electron chi connectivity index (χ4n) is 2.70. The van der Waals surface area contributed by atoms with Crippen LogP contribution in [0.2, 0.25) is 0 Å². The van der Waals surface area contributed by atoms with Crippen LogP contribution < -0.4 is 9.46 Å². The molecule has 2 aromatic rings. The number of benzene rings is 1. The maximum atomic E-state index is 12.5. The van der Waals surface area contributed by atoms with E-state index in [0.29, 0.717) is 12.3 Å². The zero-order valence-electron chi connectivity index (χ0n) is 12.9. The highest BCUT2D eigenvalue weighted by Crippen LogP contribution is 2.39. The van der Waals surface area contributed by atoms with Gasteiger partial charge in [0, 0.05) is 12.3 Å². The van der Waals surface area contributed by atoms with E-state index in [0.717, 1.165) is 24.2 Å².